The van der Waals surface area contributed by atoms with Crippen molar-refractivity contribution < 1.29 is 9.90 Å². The molecule has 1 unspecified atom stereocenters. The molecule has 1 heterocycles. The first kappa shape index (κ1) is 19.2. The Morgan fingerprint density at radius 3 is 2.56 bits per heavy atom. The highest BCUT2D eigenvalue weighted by Crippen LogP contribution is 2.24. The van der Waals surface area contributed by atoms with E-state index in [2.05, 4.69) is 0 Å². The number of fused-ring (bicyclic) bond motifs is 1. The first-order valence-corrected chi connectivity index (χ1v) is 9.46. The second kappa shape index (κ2) is 8.01. The summed E-state index contributed by atoms with van der Waals surface area (Å²) < 4.78 is 3.35. The third-order valence-electron chi connectivity index (χ3n) is 4.91. The van der Waals surface area contributed by atoms with Crippen molar-refractivity contribution in [3.05, 3.63) is 69.1 Å². The average Bonchev–Trinajstić information content (AvgIpc) is 2.89. The Morgan fingerprint density at radius 1 is 1.19 bits per heavy atom. The normalized spacial score (nSPS) is 12.4. The van der Waals surface area contributed by atoms with Gasteiger partial charge in [-0.25, -0.2) is 4.79 Å². The molecule has 1 N–H and O–H groups in total. The van der Waals surface area contributed by atoms with Gasteiger partial charge in [-0.3, -0.25) is 13.9 Å². The minimum atomic E-state index is -0.900. The van der Waals surface area contributed by atoms with Gasteiger partial charge in [-0.05, 0) is 48.7 Å². The highest BCUT2D eigenvalue weighted by Gasteiger charge is 2.22. The number of nitrogens with zero attached hydrogens (tertiary/aromatic N) is 2. The van der Waals surface area contributed by atoms with Crippen LogP contribution in [0.2, 0.25) is 5.02 Å². The summed E-state index contributed by atoms with van der Waals surface area (Å²) in [7, 11) is 0. The number of aliphatic carboxylic acids is 1. The number of aromatic nitrogens is 2. The molecule has 6 heteroatoms. The number of carboxylic acid groups (broad SMARTS) is 1. The van der Waals surface area contributed by atoms with Crippen LogP contribution in [0.25, 0.3) is 11.0 Å². The number of hydrogen-bond acceptors (Lipinski definition) is 2. The molecular weight excluding hydrogens is 364 g/mol. The molecule has 1 atom stereocenters. The van der Waals surface area contributed by atoms with Crippen molar-refractivity contribution in [3.8, 4) is 0 Å². The SMILES string of the molecule is CCCC(CC(=O)O)n1c(=O)n(Cc2cc(Cl)ccc2C)c2ccccc21. The molecule has 2 aromatic carbocycles. The molecule has 0 saturated heterocycles. The van der Waals surface area contributed by atoms with Crippen molar-refractivity contribution >= 4 is 28.6 Å². The number of carbonyl (C=O) groups is 1. The van der Waals surface area contributed by atoms with Crippen LogP contribution < -0.4 is 5.69 Å². The third kappa shape index (κ3) is 3.93. The van der Waals surface area contributed by atoms with Gasteiger partial charge in [0.2, 0.25) is 0 Å². The number of imidazole rings is 1. The van der Waals surface area contributed by atoms with Crippen molar-refractivity contribution in [2.24, 2.45) is 0 Å². The molecule has 0 aliphatic carbocycles. The lowest BCUT2D eigenvalue weighted by atomic mass is 10.1. The predicted octanol–water partition coefficient (Wildman–Crippen LogP) is 4.63. The van der Waals surface area contributed by atoms with E-state index in [9.17, 15) is 14.7 Å². The standard InChI is InChI=1S/C21H23ClN2O3/c1-3-6-17(12-20(25)26)24-19-8-5-4-7-18(19)23(21(24)27)13-15-11-16(22)10-9-14(15)2/h4-5,7-11,17H,3,6,12-13H2,1-2H3,(H,25,26). The van der Waals surface area contributed by atoms with Crippen LogP contribution in [0, 0.1) is 6.92 Å². The molecule has 0 aliphatic rings. The van der Waals surface area contributed by atoms with E-state index in [1.807, 2.05) is 56.3 Å². The van der Waals surface area contributed by atoms with E-state index >= 15 is 0 Å². The molecule has 5 nitrogen and oxygen atoms in total. The van der Waals surface area contributed by atoms with Gasteiger partial charge in [0.05, 0.1) is 24.0 Å². The molecule has 0 radical (unpaired) electrons. The average molecular weight is 387 g/mol. The van der Waals surface area contributed by atoms with Crippen molar-refractivity contribution in [3.63, 3.8) is 0 Å². The fraction of sp³-hybridized carbons (Fsp3) is 0.333. The Morgan fingerprint density at radius 2 is 1.89 bits per heavy atom. The van der Waals surface area contributed by atoms with Crippen LogP contribution >= 0.6 is 11.6 Å². The fourth-order valence-corrected chi connectivity index (χ4v) is 3.77. The molecular formula is C21H23ClN2O3. The number of para-hydroxylation sites is 2. The van der Waals surface area contributed by atoms with E-state index in [1.54, 1.807) is 9.13 Å². The molecule has 27 heavy (non-hydrogen) atoms. The minimum absolute atomic E-state index is 0.0715. The topological polar surface area (TPSA) is 64.2 Å². The van der Waals surface area contributed by atoms with Crippen molar-refractivity contribution in [2.75, 3.05) is 0 Å². The van der Waals surface area contributed by atoms with Gasteiger partial charge in [-0.1, -0.05) is 43.1 Å². The summed E-state index contributed by atoms with van der Waals surface area (Å²) in [6.45, 7) is 4.37. The first-order valence-electron chi connectivity index (χ1n) is 9.09. The molecule has 0 fully saturated rings. The van der Waals surface area contributed by atoms with E-state index in [4.69, 9.17) is 11.6 Å². The second-order valence-electron chi connectivity index (χ2n) is 6.84. The Balaban J connectivity index is 2.17. The van der Waals surface area contributed by atoms with Crippen LogP contribution in [0.1, 0.15) is 43.4 Å². The van der Waals surface area contributed by atoms with Crippen LogP contribution in [0.3, 0.4) is 0 Å². The second-order valence-corrected chi connectivity index (χ2v) is 7.28. The van der Waals surface area contributed by atoms with Gasteiger partial charge in [0, 0.05) is 11.1 Å². The largest absolute Gasteiger partial charge is 0.481 e. The fourth-order valence-electron chi connectivity index (χ4n) is 3.58. The Kier molecular flexibility index (Phi) is 5.71. The van der Waals surface area contributed by atoms with Gasteiger partial charge in [0.1, 0.15) is 0 Å². The number of halogens is 1. The molecule has 3 aromatic rings. The Labute approximate surface area is 162 Å². The number of rotatable bonds is 7. The highest BCUT2D eigenvalue weighted by atomic mass is 35.5. The van der Waals surface area contributed by atoms with Gasteiger partial charge < -0.3 is 5.11 Å². The molecule has 0 amide bonds. The lowest BCUT2D eigenvalue weighted by Crippen LogP contribution is -2.29. The molecule has 0 aliphatic heterocycles. The van der Waals surface area contributed by atoms with Gasteiger partial charge in [0.25, 0.3) is 0 Å². The van der Waals surface area contributed by atoms with Crippen molar-refractivity contribution in [1.82, 2.24) is 9.13 Å². The lowest BCUT2D eigenvalue weighted by molar-refractivity contribution is -0.137. The summed E-state index contributed by atoms with van der Waals surface area (Å²) in [6, 6.07) is 12.8. The lowest BCUT2D eigenvalue weighted by Gasteiger charge is -2.16. The number of carboxylic acids is 1. The maximum Gasteiger partial charge on any atom is 0.329 e. The monoisotopic (exact) mass is 386 g/mol. The first-order chi connectivity index (χ1) is 12.9. The Hall–Kier alpha value is -2.53. The molecule has 3 rings (SSSR count). The van der Waals surface area contributed by atoms with Gasteiger partial charge in [-0.2, -0.15) is 0 Å². The maximum absolute atomic E-state index is 13.3. The molecule has 0 spiro atoms. The van der Waals surface area contributed by atoms with Crippen LogP contribution in [-0.2, 0) is 11.3 Å². The van der Waals surface area contributed by atoms with Crippen LogP contribution in [0.5, 0.6) is 0 Å². The quantitative estimate of drug-likeness (QED) is 0.643. The number of benzene rings is 2. The van der Waals surface area contributed by atoms with Crippen LogP contribution in [-0.4, -0.2) is 20.2 Å². The van der Waals surface area contributed by atoms with Crippen LogP contribution in [0.15, 0.2) is 47.3 Å². The summed E-state index contributed by atoms with van der Waals surface area (Å²) in [5.41, 5.74) is 3.40. The number of aryl methyl sites for hydroxylation is 1. The van der Waals surface area contributed by atoms with Gasteiger partial charge in [-0.15, -0.1) is 0 Å². The summed E-state index contributed by atoms with van der Waals surface area (Å²) in [5.74, 6) is -0.900. The third-order valence-corrected chi connectivity index (χ3v) is 5.14. The maximum atomic E-state index is 13.3. The van der Waals surface area contributed by atoms with E-state index in [0.717, 1.165) is 28.6 Å². The molecule has 0 saturated carbocycles. The Bertz CT molecular complexity index is 1040. The smallest absolute Gasteiger partial charge is 0.329 e. The van der Waals surface area contributed by atoms with Crippen LogP contribution in [0.4, 0.5) is 0 Å². The van der Waals surface area contributed by atoms with Crippen molar-refractivity contribution in [2.45, 2.75) is 45.7 Å². The zero-order chi connectivity index (χ0) is 19.6. The molecule has 1 aromatic heterocycles. The molecule has 142 valence electrons. The zero-order valence-corrected chi connectivity index (χ0v) is 16.2. The van der Waals surface area contributed by atoms with E-state index in [0.29, 0.717) is 18.0 Å². The number of hydrogen-bond donors (Lipinski definition) is 1. The van der Waals surface area contributed by atoms with E-state index in [1.165, 1.54) is 0 Å². The minimum Gasteiger partial charge on any atom is -0.481 e. The highest BCUT2D eigenvalue weighted by molar-refractivity contribution is 6.30. The zero-order valence-electron chi connectivity index (χ0n) is 15.5. The summed E-state index contributed by atoms with van der Waals surface area (Å²) in [6.07, 6.45) is 1.37. The van der Waals surface area contributed by atoms with E-state index < -0.39 is 5.97 Å². The van der Waals surface area contributed by atoms with Gasteiger partial charge in [0.15, 0.2) is 0 Å². The van der Waals surface area contributed by atoms with Gasteiger partial charge >= 0.3 is 11.7 Å². The van der Waals surface area contributed by atoms with Crippen molar-refractivity contribution in [1.29, 1.82) is 0 Å². The predicted molar refractivity (Wildman–Crippen MR) is 108 cm³/mol. The van der Waals surface area contributed by atoms with E-state index in [-0.39, 0.29) is 18.2 Å². The summed E-state index contributed by atoms with van der Waals surface area (Å²) in [4.78, 5) is 24.6. The molecule has 0 bridgehead atoms. The summed E-state index contributed by atoms with van der Waals surface area (Å²) >= 11 is 6.14. The summed E-state index contributed by atoms with van der Waals surface area (Å²) in [5, 5.41) is 9.93.